The number of nitrogens with one attached hydrogen (secondary N) is 4. The number of benzene rings is 2. The molecule has 44 heavy (non-hydrogen) atoms. The van der Waals surface area contributed by atoms with Crippen molar-refractivity contribution in [3.8, 4) is 5.75 Å². The van der Waals surface area contributed by atoms with Crippen LogP contribution in [0.3, 0.4) is 0 Å². The average molecular weight is 609 g/mol. The maximum atomic E-state index is 13.6. The highest BCUT2D eigenvalue weighted by Gasteiger charge is 2.27. The van der Waals surface area contributed by atoms with Crippen LogP contribution in [0.1, 0.15) is 81.4 Å². The highest BCUT2D eigenvalue weighted by molar-refractivity contribution is 5.91. The van der Waals surface area contributed by atoms with Crippen molar-refractivity contribution in [3.05, 3.63) is 65.2 Å². The first kappa shape index (κ1) is 34.4. The fraction of sp³-hybridized carbons (Fsp3) is 0.529. The van der Waals surface area contributed by atoms with E-state index in [1.54, 1.807) is 0 Å². The minimum absolute atomic E-state index is 0.0504. The van der Waals surface area contributed by atoms with E-state index < -0.39 is 24.1 Å². The lowest BCUT2D eigenvalue weighted by atomic mass is 10.0. The van der Waals surface area contributed by atoms with Crippen molar-refractivity contribution in [1.82, 2.24) is 21.3 Å². The molecule has 4 N–H and O–H groups in total. The number of carbonyl (C=O) groups excluding carboxylic acids is 4. The van der Waals surface area contributed by atoms with E-state index in [0.717, 1.165) is 42.4 Å². The van der Waals surface area contributed by atoms with Gasteiger partial charge in [-0.3, -0.25) is 14.4 Å². The zero-order valence-corrected chi connectivity index (χ0v) is 26.1. The van der Waals surface area contributed by atoms with Gasteiger partial charge in [0.05, 0.1) is 13.2 Å². The molecule has 0 spiro atoms. The maximum Gasteiger partial charge on any atom is 0.407 e. The third-order valence-corrected chi connectivity index (χ3v) is 7.62. The molecule has 10 heteroatoms. The molecule has 3 rings (SSSR count). The zero-order valence-electron chi connectivity index (χ0n) is 26.1. The summed E-state index contributed by atoms with van der Waals surface area (Å²) in [6.07, 6.45) is 5.15. The van der Waals surface area contributed by atoms with Gasteiger partial charge in [-0.15, -0.1) is 0 Å². The van der Waals surface area contributed by atoms with Crippen LogP contribution in [-0.2, 0) is 32.1 Å². The van der Waals surface area contributed by atoms with E-state index in [2.05, 4.69) is 21.3 Å². The van der Waals surface area contributed by atoms with Crippen molar-refractivity contribution in [2.45, 2.75) is 96.7 Å². The molecule has 0 saturated heterocycles. The lowest BCUT2D eigenvalue weighted by Crippen LogP contribution is -2.53. The highest BCUT2D eigenvalue weighted by Crippen LogP contribution is 2.18. The third kappa shape index (κ3) is 12.7. The quantitative estimate of drug-likeness (QED) is 0.343. The molecule has 10 nitrogen and oxygen atoms in total. The molecule has 0 saturated carbocycles. The van der Waals surface area contributed by atoms with Crippen molar-refractivity contribution >= 4 is 23.8 Å². The van der Waals surface area contributed by atoms with Gasteiger partial charge in [-0.05, 0) is 80.7 Å². The first-order chi connectivity index (χ1) is 21.4. The van der Waals surface area contributed by atoms with Gasteiger partial charge in [-0.25, -0.2) is 4.79 Å². The molecule has 240 valence electrons. The predicted molar refractivity (Wildman–Crippen MR) is 169 cm³/mol. The summed E-state index contributed by atoms with van der Waals surface area (Å²) >= 11 is 0. The number of amides is 4. The van der Waals surface area contributed by atoms with E-state index in [1.807, 2.05) is 62.4 Å². The van der Waals surface area contributed by atoms with Crippen molar-refractivity contribution in [3.63, 3.8) is 0 Å². The minimum Gasteiger partial charge on any atom is -0.494 e. The first-order valence-corrected chi connectivity index (χ1v) is 15.9. The van der Waals surface area contributed by atoms with Crippen molar-refractivity contribution < 1.29 is 28.7 Å². The van der Waals surface area contributed by atoms with Crippen LogP contribution >= 0.6 is 0 Å². The summed E-state index contributed by atoms with van der Waals surface area (Å²) in [5.74, 6) is -0.117. The van der Waals surface area contributed by atoms with E-state index >= 15 is 0 Å². The molecular weight excluding hydrogens is 560 g/mol. The number of rotatable bonds is 7. The summed E-state index contributed by atoms with van der Waals surface area (Å²) in [6, 6.07) is 13.8. The monoisotopic (exact) mass is 608 g/mol. The zero-order chi connectivity index (χ0) is 31.6. The Labute approximate surface area is 261 Å². The average Bonchev–Trinajstić information content (AvgIpc) is 3.02. The smallest absolute Gasteiger partial charge is 0.407 e. The number of fused-ring (bicyclic) bond motifs is 2. The number of alkyl carbamates (subject to hydrolysis) is 1. The topological polar surface area (TPSA) is 135 Å². The Balaban J connectivity index is 1.79. The molecule has 0 unspecified atom stereocenters. The fourth-order valence-electron chi connectivity index (χ4n) is 4.86. The van der Waals surface area contributed by atoms with Gasteiger partial charge in [0, 0.05) is 19.5 Å². The Hall–Kier alpha value is -4.08. The number of carbonyl (C=O) groups is 4. The van der Waals surface area contributed by atoms with Crippen LogP contribution in [-0.4, -0.2) is 55.7 Å². The number of hydrogen-bond acceptors (Lipinski definition) is 6. The van der Waals surface area contributed by atoms with Gasteiger partial charge in [0.15, 0.2) is 0 Å². The van der Waals surface area contributed by atoms with E-state index in [9.17, 15) is 19.2 Å². The Morgan fingerprint density at radius 2 is 1.82 bits per heavy atom. The van der Waals surface area contributed by atoms with Gasteiger partial charge in [0.25, 0.3) is 0 Å². The SMILES string of the molecule is CCCCOC(=O)N[C@H]1CCCCC(=O)NCCCCOc2ccc(C)c(c2)CNC(=O)[C@H](CCc2ccccc2)NC1=O. The fourth-order valence-corrected chi connectivity index (χ4v) is 4.86. The number of hydrogen-bond donors (Lipinski definition) is 4. The van der Waals surface area contributed by atoms with E-state index in [1.165, 1.54) is 0 Å². The van der Waals surface area contributed by atoms with Crippen molar-refractivity contribution in [1.29, 1.82) is 0 Å². The van der Waals surface area contributed by atoms with Gasteiger partial charge < -0.3 is 30.7 Å². The molecule has 1 aliphatic heterocycles. The largest absolute Gasteiger partial charge is 0.494 e. The Bertz CT molecular complexity index is 1210. The second kappa shape index (κ2) is 19.2. The second-order valence-electron chi connectivity index (χ2n) is 11.2. The summed E-state index contributed by atoms with van der Waals surface area (Å²) < 4.78 is 11.2. The van der Waals surface area contributed by atoms with Gasteiger partial charge in [0.2, 0.25) is 17.7 Å². The first-order valence-electron chi connectivity index (χ1n) is 15.9. The molecule has 1 heterocycles. The number of aryl methyl sites for hydroxylation is 2. The van der Waals surface area contributed by atoms with Gasteiger partial charge in [-0.1, -0.05) is 56.2 Å². The Morgan fingerprint density at radius 3 is 2.61 bits per heavy atom. The summed E-state index contributed by atoms with van der Waals surface area (Å²) in [7, 11) is 0. The summed E-state index contributed by atoms with van der Waals surface area (Å²) in [4.78, 5) is 51.9. The lowest BCUT2D eigenvalue weighted by Gasteiger charge is -2.23. The van der Waals surface area contributed by atoms with Gasteiger partial charge >= 0.3 is 6.09 Å². The molecule has 0 radical (unpaired) electrons. The Morgan fingerprint density at radius 1 is 1.00 bits per heavy atom. The van der Waals surface area contributed by atoms with E-state index in [0.29, 0.717) is 57.4 Å². The van der Waals surface area contributed by atoms with Crippen LogP contribution in [0.5, 0.6) is 5.75 Å². The van der Waals surface area contributed by atoms with Crippen LogP contribution in [0.2, 0.25) is 0 Å². The van der Waals surface area contributed by atoms with Crippen LogP contribution in [0.25, 0.3) is 0 Å². The van der Waals surface area contributed by atoms with Gasteiger partial charge in [-0.2, -0.15) is 0 Å². The normalized spacial score (nSPS) is 19.3. The Kier molecular flexibility index (Phi) is 15.1. The minimum atomic E-state index is -0.913. The summed E-state index contributed by atoms with van der Waals surface area (Å²) in [5, 5.41) is 11.5. The molecule has 0 aromatic heterocycles. The van der Waals surface area contributed by atoms with Crippen molar-refractivity contribution in [2.24, 2.45) is 0 Å². The summed E-state index contributed by atoms with van der Waals surface area (Å²) in [5.41, 5.74) is 2.97. The molecule has 2 bridgehead atoms. The van der Waals surface area contributed by atoms with Crippen molar-refractivity contribution in [2.75, 3.05) is 19.8 Å². The maximum absolute atomic E-state index is 13.6. The molecule has 4 amide bonds. The van der Waals surface area contributed by atoms with Crippen LogP contribution in [0, 0.1) is 6.92 Å². The molecule has 2 aromatic rings. The third-order valence-electron chi connectivity index (χ3n) is 7.62. The number of ether oxygens (including phenoxy) is 2. The molecule has 0 aliphatic carbocycles. The highest BCUT2D eigenvalue weighted by atomic mass is 16.5. The lowest BCUT2D eigenvalue weighted by molar-refractivity contribution is -0.130. The number of unbranched alkanes of at least 4 members (excludes halogenated alkanes) is 1. The molecule has 2 aromatic carbocycles. The second-order valence-corrected chi connectivity index (χ2v) is 11.2. The molecular formula is C34H48N4O6. The van der Waals surface area contributed by atoms with E-state index in [-0.39, 0.29) is 25.0 Å². The predicted octanol–water partition coefficient (Wildman–Crippen LogP) is 4.47. The van der Waals surface area contributed by atoms with Crippen LogP contribution < -0.4 is 26.0 Å². The van der Waals surface area contributed by atoms with Crippen LogP contribution in [0.4, 0.5) is 4.79 Å². The van der Waals surface area contributed by atoms with E-state index in [4.69, 9.17) is 9.47 Å². The van der Waals surface area contributed by atoms with Gasteiger partial charge in [0.1, 0.15) is 17.8 Å². The summed E-state index contributed by atoms with van der Waals surface area (Å²) in [6.45, 7) is 5.58. The van der Waals surface area contributed by atoms with Crippen LogP contribution in [0.15, 0.2) is 48.5 Å². The molecule has 1 aliphatic rings. The molecule has 2 atom stereocenters. The standard InChI is InChI=1S/C34H48N4O6/c1-3-4-21-44-34(42)38-29-14-8-9-15-31(39)35-20-10-11-22-43-28-18-16-25(2)27(23-28)24-36-32(40)30(37-33(29)41)19-17-26-12-6-5-7-13-26/h5-7,12-13,16,18,23,29-30H,3-4,8-11,14-15,17,19-22,24H2,1-2H3,(H,35,39)(H,36,40)(H,37,41)(H,38,42)/t29-,30-/m0/s1. The molecule has 0 fully saturated rings.